The van der Waals surface area contributed by atoms with E-state index in [1.54, 1.807) is 0 Å². The van der Waals surface area contributed by atoms with Gasteiger partial charge < -0.3 is 4.74 Å². The molecule has 0 aromatic carbocycles. The first-order valence-electron chi connectivity index (χ1n) is 6.03. The van der Waals surface area contributed by atoms with E-state index in [0.717, 1.165) is 12.5 Å². The second-order valence-corrected chi connectivity index (χ2v) is 4.93. The van der Waals surface area contributed by atoms with Crippen molar-refractivity contribution in [2.24, 2.45) is 11.8 Å². The van der Waals surface area contributed by atoms with Gasteiger partial charge in [-0.1, -0.05) is 17.7 Å². The van der Waals surface area contributed by atoms with Crippen molar-refractivity contribution in [3.05, 3.63) is 41.7 Å². The fraction of sp³-hybridized carbons (Fsp3) is 0.500. The topological polar surface area (TPSA) is 22.1 Å². The van der Waals surface area contributed by atoms with Crippen molar-refractivity contribution in [3.63, 3.8) is 0 Å². The van der Waals surface area contributed by atoms with Crippen LogP contribution < -0.4 is 0 Å². The summed E-state index contributed by atoms with van der Waals surface area (Å²) in [5, 5.41) is 0. The van der Waals surface area contributed by atoms with Crippen LogP contribution in [0.4, 0.5) is 0 Å². The zero-order valence-electron chi connectivity index (χ0n) is 9.60. The first kappa shape index (κ1) is 10.0. The molecular weight excluding hydrogens is 198 g/mol. The molecule has 84 valence electrons. The molecule has 1 aliphatic carbocycles. The lowest BCUT2D eigenvalue weighted by Gasteiger charge is -2.39. The third kappa shape index (κ3) is 1.67. The number of fused-ring (bicyclic) bond motifs is 2. The summed E-state index contributed by atoms with van der Waals surface area (Å²) < 4.78 is 6.02. The zero-order chi connectivity index (χ0) is 11.0. The van der Waals surface area contributed by atoms with Crippen LogP contribution in [0, 0.1) is 11.8 Å². The lowest BCUT2D eigenvalue weighted by atomic mass is 9.75. The fourth-order valence-corrected chi connectivity index (χ4v) is 2.87. The van der Waals surface area contributed by atoms with Crippen LogP contribution in [0.25, 0.3) is 0 Å². The molecule has 16 heavy (non-hydrogen) atoms. The van der Waals surface area contributed by atoms with E-state index in [4.69, 9.17) is 4.74 Å². The highest BCUT2D eigenvalue weighted by atomic mass is 16.5. The van der Waals surface area contributed by atoms with Crippen molar-refractivity contribution in [1.29, 1.82) is 0 Å². The molecular formula is C14H17NO. The quantitative estimate of drug-likeness (QED) is 0.671. The van der Waals surface area contributed by atoms with Crippen LogP contribution in [0.1, 0.15) is 31.4 Å². The van der Waals surface area contributed by atoms with E-state index >= 15 is 0 Å². The summed E-state index contributed by atoms with van der Waals surface area (Å²) in [6, 6.07) is 4.12. The molecule has 1 aromatic rings. The molecule has 3 atom stereocenters. The van der Waals surface area contributed by atoms with Crippen LogP contribution in [0.15, 0.2) is 36.2 Å². The summed E-state index contributed by atoms with van der Waals surface area (Å²) in [5.41, 5.74) is 2.71. The van der Waals surface area contributed by atoms with Gasteiger partial charge >= 0.3 is 0 Å². The molecule has 2 nitrogen and oxygen atoms in total. The first-order chi connectivity index (χ1) is 7.84. The van der Waals surface area contributed by atoms with Crippen molar-refractivity contribution in [1.82, 2.24) is 4.98 Å². The third-order valence-corrected chi connectivity index (χ3v) is 3.84. The van der Waals surface area contributed by atoms with Crippen molar-refractivity contribution in [3.8, 4) is 0 Å². The highest BCUT2D eigenvalue weighted by Gasteiger charge is 2.35. The molecule has 3 rings (SSSR count). The van der Waals surface area contributed by atoms with Crippen LogP contribution in [0.3, 0.4) is 0 Å². The van der Waals surface area contributed by atoms with Gasteiger partial charge in [-0.2, -0.15) is 0 Å². The molecule has 1 fully saturated rings. The summed E-state index contributed by atoms with van der Waals surface area (Å²) in [6.45, 7) is 3.14. The van der Waals surface area contributed by atoms with E-state index < -0.39 is 0 Å². The maximum Gasteiger partial charge on any atom is 0.0905 e. The number of hydrogen-bond acceptors (Lipinski definition) is 2. The van der Waals surface area contributed by atoms with Gasteiger partial charge in [-0.15, -0.1) is 0 Å². The third-order valence-electron chi connectivity index (χ3n) is 3.84. The SMILES string of the molecule is CC1=CC[C@H]2CO[C@@H](c3cccnc3)[C@@H]1C2. The molecule has 2 heterocycles. The highest BCUT2D eigenvalue weighted by molar-refractivity contribution is 5.21. The molecule has 0 spiro atoms. The van der Waals surface area contributed by atoms with Gasteiger partial charge in [0.1, 0.15) is 0 Å². The van der Waals surface area contributed by atoms with E-state index in [9.17, 15) is 0 Å². The second kappa shape index (κ2) is 4.02. The summed E-state index contributed by atoms with van der Waals surface area (Å²) in [5.74, 6) is 1.30. The first-order valence-corrected chi connectivity index (χ1v) is 6.03. The summed E-state index contributed by atoms with van der Waals surface area (Å²) in [7, 11) is 0. The van der Waals surface area contributed by atoms with Crippen LogP contribution in [-0.2, 0) is 4.74 Å². The van der Waals surface area contributed by atoms with Crippen molar-refractivity contribution >= 4 is 0 Å². The molecule has 0 radical (unpaired) electrons. The molecule has 0 saturated carbocycles. The summed E-state index contributed by atoms with van der Waals surface area (Å²) >= 11 is 0. The van der Waals surface area contributed by atoms with Gasteiger partial charge in [-0.25, -0.2) is 0 Å². The van der Waals surface area contributed by atoms with E-state index in [2.05, 4.69) is 24.1 Å². The van der Waals surface area contributed by atoms with Crippen LogP contribution >= 0.6 is 0 Å². The van der Waals surface area contributed by atoms with Crippen molar-refractivity contribution < 1.29 is 4.74 Å². The van der Waals surface area contributed by atoms with Crippen LogP contribution in [-0.4, -0.2) is 11.6 Å². The Hall–Kier alpha value is -1.15. The van der Waals surface area contributed by atoms with Gasteiger partial charge in [-0.05, 0) is 37.3 Å². The number of nitrogens with zero attached hydrogens (tertiary/aromatic N) is 1. The minimum Gasteiger partial charge on any atom is -0.373 e. The van der Waals surface area contributed by atoms with E-state index in [1.807, 2.05) is 18.5 Å². The predicted octanol–water partition coefficient (Wildman–Crippen LogP) is 3.13. The molecule has 1 aliphatic heterocycles. The summed E-state index contributed by atoms with van der Waals surface area (Å²) in [6.07, 6.45) is 8.85. The highest BCUT2D eigenvalue weighted by Crippen LogP contribution is 2.43. The maximum absolute atomic E-state index is 6.02. The Morgan fingerprint density at radius 1 is 1.44 bits per heavy atom. The number of allylic oxidation sites excluding steroid dienone is 1. The Morgan fingerprint density at radius 2 is 2.38 bits per heavy atom. The van der Waals surface area contributed by atoms with Crippen LogP contribution in [0.5, 0.6) is 0 Å². The van der Waals surface area contributed by atoms with Gasteiger partial charge in [0.2, 0.25) is 0 Å². The molecule has 2 bridgehead atoms. The molecule has 2 aliphatic rings. The Kier molecular flexibility index (Phi) is 2.52. The monoisotopic (exact) mass is 215 g/mol. The average Bonchev–Trinajstić information content (AvgIpc) is 2.36. The fourth-order valence-electron chi connectivity index (χ4n) is 2.87. The minimum absolute atomic E-state index is 0.224. The van der Waals surface area contributed by atoms with Crippen molar-refractivity contribution in [2.75, 3.05) is 6.61 Å². The predicted molar refractivity (Wildman–Crippen MR) is 62.9 cm³/mol. The van der Waals surface area contributed by atoms with E-state index in [-0.39, 0.29) is 6.10 Å². The zero-order valence-corrected chi connectivity index (χ0v) is 9.60. The molecule has 0 N–H and O–H groups in total. The smallest absolute Gasteiger partial charge is 0.0905 e. The lowest BCUT2D eigenvalue weighted by Crippen LogP contribution is -2.32. The number of aromatic nitrogens is 1. The Labute approximate surface area is 96.3 Å². The standard InChI is InChI=1S/C14H17NO/c1-10-4-5-11-7-13(10)14(16-9-11)12-3-2-6-15-8-12/h2-4,6,8,11,13-14H,5,7,9H2,1H3/t11-,13-,14+/m1/s1. The van der Waals surface area contributed by atoms with Gasteiger partial charge in [0.25, 0.3) is 0 Å². The number of ether oxygens (including phenoxy) is 1. The maximum atomic E-state index is 6.02. The molecule has 1 aromatic heterocycles. The van der Waals surface area contributed by atoms with Gasteiger partial charge in [-0.3, -0.25) is 4.98 Å². The second-order valence-electron chi connectivity index (χ2n) is 4.93. The number of hydrogen-bond donors (Lipinski definition) is 0. The molecule has 0 amide bonds. The van der Waals surface area contributed by atoms with E-state index in [0.29, 0.717) is 5.92 Å². The number of pyridine rings is 1. The number of rotatable bonds is 1. The van der Waals surface area contributed by atoms with E-state index in [1.165, 1.54) is 24.0 Å². The average molecular weight is 215 g/mol. The van der Waals surface area contributed by atoms with Gasteiger partial charge in [0.15, 0.2) is 0 Å². The normalized spacial score (nSPS) is 33.3. The molecule has 1 saturated heterocycles. The molecule has 0 unspecified atom stereocenters. The lowest BCUT2D eigenvalue weighted by molar-refractivity contribution is -0.0514. The van der Waals surface area contributed by atoms with Crippen molar-refractivity contribution in [2.45, 2.75) is 25.9 Å². The largest absolute Gasteiger partial charge is 0.373 e. The Morgan fingerprint density at radius 3 is 3.19 bits per heavy atom. The van der Waals surface area contributed by atoms with Gasteiger partial charge in [0.05, 0.1) is 12.7 Å². The minimum atomic E-state index is 0.224. The Bertz CT molecular complexity index is 398. The van der Waals surface area contributed by atoms with Gasteiger partial charge in [0, 0.05) is 18.3 Å². The Balaban J connectivity index is 1.91. The van der Waals surface area contributed by atoms with Crippen LogP contribution in [0.2, 0.25) is 0 Å². The summed E-state index contributed by atoms with van der Waals surface area (Å²) in [4.78, 5) is 4.19. The molecule has 2 heteroatoms.